The van der Waals surface area contributed by atoms with Crippen LogP contribution in [0.2, 0.25) is 5.02 Å². The third-order valence-corrected chi connectivity index (χ3v) is 3.33. The molecule has 0 radical (unpaired) electrons. The maximum atomic E-state index is 12.2. The molecule has 0 aliphatic rings. The molecule has 0 unspecified atom stereocenters. The molecule has 0 saturated carbocycles. The van der Waals surface area contributed by atoms with Crippen molar-refractivity contribution in [3.05, 3.63) is 41.0 Å². The van der Waals surface area contributed by atoms with Gasteiger partial charge in [-0.1, -0.05) is 23.7 Å². The summed E-state index contributed by atoms with van der Waals surface area (Å²) in [5.74, 6) is -0.150. The van der Waals surface area contributed by atoms with Gasteiger partial charge in [-0.05, 0) is 32.4 Å². The fourth-order valence-corrected chi connectivity index (χ4v) is 2.11. The van der Waals surface area contributed by atoms with Crippen molar-refractivity contribution < 1.29 is 9.53 Å². The zero-order chi connectivity index (χ0) is 15.9. The zero-order valence-corrected chi connectivity index (χ0v) is 13.5. The molecule has 0 aliphatic carbocycles. The van der Waals surface area contributed by atoms with E-state index in [1.807, 2.05) is 26.0 Å². The van der Waals surface area contributed by atoms with E-state index in [-0.39, 0.29) is 12.0 Å². The Morgan fingerprint density at radius 3 is 2.77 bits per heavy atom. The topological polar surface area (TPSA) is 67.0 Å². The van der Waals surface area contributed by atoms with Crippen LogP contribution in [-0.2, 0) is 4.74 Å². The first-order valence-electron chi connectivity index (χ1n) is 7.27. The quantitative estimate of drug-likeness (QED) is 0.769. The van der Waals surface area contributed by atoms with Gasteiger partial charge in [-0.25, -0.2) is 0 Å². The number of halogens is 1. The van der Waals surface area contributed by atoms with Crippen LogP contribution in [0.1, 0.15) is 30.6 Å². The van der Waals surface area contributed by atoms with Crippen LogP contribution in [0.3, 0.4) is 0 Å². The lowest BCUT2D eigenvalue weighted by Crippen LogP contribution is -2.25. The van der Waals surface area contributed by atoms with E-state index < -0.39 is 0 Å². The second-order valence-corrected chi connectivity index (χ2v) is 5.63. The molecular weight excluding hydrogens is 302 g/mol. The molecule has 5 nitrogen and oxygen atoms in total. The molecule has 22 heavy (non-hydrogen) atoms. The predicted octanol–water partition coefficient (Wildman–Crippen LogP) is 3.28. The van der Waals surface area contributed by atoms with E-state index in [9.17, 15) is 4.79 Å². The summed E-state index contributed by atoms with van der Waals surface area (Å²) in [6.07, 6.45) is 2.52. The van der Waals surface area contributed by atoms with Crippen LogP contribution < -0.4 is 5.32 Å². The highest BCUT2D eigenvalue weighted by Gasteiger charge is 2.14. The van der Waals surface area contributed by atoms with Gasteiger partial charge in [0.25, 0.3) is 5.91 Å². The number of carbonyl (C=O) groups is 1. The van der Waals surface area contributed by atoms with Gasteiger partial charge in [0, 0.05) is 23.7 Å². The van der Waals surface area contributed by atoms with Crippen molar-refractivity contribution >= 4 is 17.5 Å². The number of rotatable bonds is 7. The van der Waals surface area contributed by atoms with Crippen molar-refractivity contribution in [2.45, 2.75) is 26.4 Å². The molecule has 0 spiro atoms. The molecule has 6 heteroatoms. The minimum atomic E-state index is -0.150. The number of carbonyl (C=O) groups excluding carboxylic acids is 1. The lowest BCUT2D eigenvalue weighted by atomic mass is 10.1. The second kappa shape index (κ2) is 7.96. The van der Waals surface area contributed by atoms with Crippen LogP contribution in [0.15, 0.2) is 30.5 Å². The highest BCUT2D eigenvalue weighted by atomic mass is 35.5. The fourth-order valence-electron chi connectivity index (χ4n) is 1.98. The van der Waals surface area contributed by atoms with Crippen molar-refractivity contribution in [3.63, 3.8) is 0 Å². The third-order valence-electron chi connectivity index (χ3n) is 3.07. The van der Waals surface area contributed by atoms with Gasteiger partial charge in [0.05, 0.1) is 23.6 Å². The van der Waals surface area contributed by atoms with Gasteiger partial charge in [-0.15, -0.1) is 0 Å². The minimum Gasteiger partial charge on any atom is -0.379 e. The molecule has 0 atom stereocenters. The molecule has 1 aromatic carbocycles. The molecular formula is C16H20ClN3O2. The number of benzene rings is 1. The largest absolute Gasteiger partial charge is 0.379 e. The molecule has 1 aromatic heterocycles. The molecule has 1 heterocycles. The van der Waals surface area contributed by atoms with Crippen LogP contribution in [-0.4, -0.2) is 35.4 Å². The van der Waals surface area contributed by atoms with Crippen LogP contribution in [0.4, 0.5) is 0 Å². The summed E-state index contributed by atoms with van der Waals surface area (Å²) < 4.78 is 5.44. The van der Waals surface area contributed by atoms with Gasteiger partial charge in [-0.3, -0.25) is 9.89 Å². The number of aromatic nitrogens is 2. The predicted molar refractivity (Wildman–Crippen MR) is 87.1 cm³/mol. The Hall–Kier alpha value is -1.85. The molecule has 2 rings (SSSR count). The monoisotopic (exact) mass is 321 g/mol. The smallest absolute Gasteiger partial charge is 0.255 e. The maximum absolute atomic E-state index is 12.2. The highest BCUT2D eigenvalue weighted by molar-refractivity contribution is 6.30. The first-order valence-corrected chi connectivity index (χ1v) is 7.65. The summed E-state index contributed by atoms with van der Waals surface area (Å²) in [4.78, 5) is 12.2. The lowest BCUT2D eigenvalue weighted by molar-refractivity contribution is 0.0757. The number of hydrogen-bond donors (Lipinski definition) is 2. The number of nitrogens with one attached hydrogen (secondary N) is 2. The molecule has 0 bridgehead atoms. The van der Waals surface area contributed by atoms with E-state index in [2.05, 4.69) is 15.5 Å². The van der Waals surface area contributed by atoms with Crippen LogP contribution in [0.5, 0.6) is 0 Å². The van der Waals surface area contributed by atoms with Gasteiger partial charge >= 0.3 is 0 Å². The molecule has 118 valence electrons. The standard InChI is InChI=1S/C16H20ClN3O2/c1-11(2)22-9-3-8-18-16(21)14-10-19-20-15(14)12-4-6-13(17)7-5-12/h4-7,10-11H,3,8-9H2,1-2H3,(H,18,21)(H,19,20). The molecule has 0 saturated heterocycles. The zero-order valence-electron chi connectivity index (χ0n) is 12.7. The SMILES string of the molecule is CC(C)OCCCNC(=O)c1cn[nH]c1-c1ccc(Cl)cc1. The Kier molecular flexibility index (Phi) is 5.98. The van der Waals surface area contributed by atoms with Crippen molar-refractivity contribution in [3.8, 4) is 11.3 Å². The van der Waals surface area contributed by atoms with E-state index in [0.29, 0.717) is 29.4 Å². The van der Waals surface area contributed by atoms with Crippen LogP contribution in [0, 0.1) is 0 Å². The van der Waals surface area contributed by atoms with Crippen LogP contribution >= 0.6 is 11.6 Å². The Morgan fingerprint density at radius 2 is 2.09 bits per heavy atom. The van der Waals surface area contributed by atoms with E-state index in [1.165, 1.54) is 6.20 Å². The average molecular weight is 322 g/mol. The fraction of sp³-hybridized carbons (Fsp3) is 0.375. The summed E-state index contributed by atoms with van der Waals surface area (Å²) in [5.41, 5.74) is 2.08. The first kappa shape index (κ1) is 16.5. The highest BCUT2D eigenvalue weighted by Crippen LogP contribution is 2.22. The van der Waals surface area contributed by atoms with Gasteiger partial charge in [-0.2, -0.15) is 5.10 Å². The average Bonchev–Trinajstić information content (AvgIpc) is 2.96. The van der Waals surface area contributed by atoms with Crippen LogP contribution in [0.25, 0.3) is 11.3 Å². The van der Waals surface area contributed by atoms with Crippen molar-refractivity contribution in [1.82, 2.24) is 15.5 Å². The van der Waals surface area contributed by atoms with E-state index in [0.717, 1.165) is 12.0 Å². The molecule has 0 aliphatic heterocycles. The van der Waals surface area contributed by atoms with Gasteiger partial charge < -0.3 is 10.1 Å². The molecule has 2 N–H and O–H groups in total. The Bertz CT molecular complexity index is 608. The molecule has 0 fully saturated rings. The number of H-pyrrole nitrogens is 1. The first-order chi connectivity index (χ1) is 10.6. The molecule has 2 aromatic rings. The summed E-state index contributed by atoms with van der Waals surface area (Å²) in [6.45, 7) is 5.18. The maximum Gasteiger partial charge on any atom is 0.255 e. The summed E-state index contributed by atoms with van der Waals surface area (Å²) in [6, 6.07) is 7.26. The van der Waals surface area contributed by atoms with E-state index in [4.69, 9.17) is 16.3 Å². The van der Waals surface area contributed by atoms with Crippen molar-refractivity contribution in [2.75, 3.05) is 13.2 Å². The summed E-state index contributed by atoms with van der Waals surface area (Å²) >= 11 is 5.88. The number of hydrogen-bond acceptors (Lipinski definition) is 3. The van der Waals surface area contributed by atoms with Gasteiger partial charge in [0.1, 0.15) is 0 Å². The van der Waals surface area contributed by atoms with E-state index >= 15 is 0 Å². The third kappa shape index (κ3) is 4.58. The summed E-state index contributed by atoms with van der Waals surface area (Å²) in [5, 5.41) is 10.4. The van der Waals surface area contributed by atoms with Gasteiger partial charge in [0.15, 0.2) is 0 Å². The van der Waals surface area contributed by atoms with Gasteiger partial charge in [0.2, 0.25) is 0 Å². The van der Waals surface area contributed by atoms with Crippen molar-refractivity contribution in [1.29, 1.82) is 0 Å². The lowest BCUT2D eigenvalue weighted by Gasteiger charge is -2.08. The normalized spacial score (nSPS) is 10.9. The number of ether oxygens (including phenoxy) is 1. The second-order valence-electron chi connectivity index (χ2n) is 5.19. The Morgan fingerprint density at radius 1 is 1.36 bits per heavy atom. The number of aromatic amines is 1. The molecule has 1 amide bonds. The number of nitrogens with zero attached hydrogens (tertiary/aromatic N) is 1. The van der Waals surface area contributed by atoms with Crippen molar-refractivity contribution in [2.24, 2.45) is 0 Å². The summed E-state index contributed by atoms with van der Waals surface area (Å²) in [7, 11) is 0. The Balaban J connectivity index is 1.94. The van der Waals surface area contributed by atoms with E-state index in [1.54, 1.807) is 12.1 Å². The minimum absolute atomic E-state index is 0.150. The Labute approximate surface area is 135 Å². The number of amides is 1.